The van der Waals surface area contributed by atoms with E-state index in [2.05, 4.69) is 9.71 Å². The van der Waals surface area contributed by atoms with Gasteiger partial charge >= 0.3 is 0 Å². The predicted molar refractivity (Wildman–Crippen MR) is 66.6 cm³/mol. The van der Waals surface area contributed by atoms with Gasteiger partial charge in [-0.05, 0) is 19.8 Å². The van der Waals surface area contributed by atoms with Crippen LogP contribution in [0.3, 0.4) is 0 Å². The zero-order chi connectivity index (χ0) is 12.3. The third-order valence-corrected chi connectivity index (χ3v) is 5.67. The van der Waals surface area contributed by atoms with Crippen molar-refractivity contribution in [3.8, 4) is 0 Å². The summed E-state index contributed by atoms with van der Waals surface area (Å²) in [6, 6.07) is -0.0368. The Labute approximate surface area is 105 Å². The largest absolute Gasteiger partial charge is 0.252 e. The van der Waals surface area contributed by atoms with Crippen LogP contribution in [0.25, 0.3) is 0 Å². The highest BCUT2D eigenvalue weighted by atomic mass is 35.5. The van der Waals surface area contributed by atoms with E-state index in [4.69, 9.17) is 11.6 Å². The highest BCUT2D eigenvalue weighted by molar-refractivity contribution is 7.91. The maximum absolute atomic E-state index is 12.0. The second-order valence-corrected chi connectivity index (χ2v) is 6.96. The number of thiazole rings is 1. The van der Waals surface area contributed by atoms with Gasteiger partial charge in [-0.1, -0.05) is 36.8 Å². The average Bonchev–Trinajstić information content (AvgIpc) is 2.55. The number of aromatic nitrogens is 1. The van der Waals surface area contributed by atoms with Crippen molar-refractivity contribution < 1.29 is 8.42 Å². The molecule has 0 bridgehead atoms. The first-order chi connectivity index (χ1) is 7.40. The Bertz CT molecular complexity index is 452. The van der Waals surface area contributed by atoms with E-state index in [1.807, 2.05) is 13.8 Å². The van der Waals surface area contributed by atoms with Crippen molar-refractivity contribution in [2.75, 3.05) is 0 Å². The molecule has 0 aromatic carbocycles. The monoisotopic (exact) mass is 282 g/mol. The normalized spacial score (nSPS) is 12.3. The summed E-state index contributed by atoms with van der Waals surface area (Å²) in [5.41, 5.74) is 0.452. The fourth-order valence-corrected chi connectivity index (χ4v) is 4.49. The Kier molecular flexibility index (Phi) is 4.73. The Balaban J connectivity index is 2.98. The molecule has 92 valence electrons. The molecule has 0 saturated carbocycles. The summed E-state index contributed by atoms with van der Waals surface area (Å²) in [6.07, 6.45) is 1.53. The third-order valence-electron chi connectivity index (χ3n) is 2.28. The fraction of sp³-hybridized carbons (Fsp3) is 0.667. The highest BCUT2D eigenvalue weighted by Gasteiger charge is 2.23. The summed E-state index contributed by atoms with van der Waals surface area (Å²) in [6.45, 7) is 5.54. The molecule has 0 aliphatic rings. The Hall–Kier alpha value is -0.170. The van der Waals surface area contributed by atoms with Crippen molar-refractivity contribution in [1.82, 2.24) is 9.71 Å². The van der Waals surface area contributed by atoms with Gasteiger partial charge in [0.2, 0.25) is 0 Å². The van der Waals surface area contributed by atoms with E-state index >= 15 is 0 Å². The van der Waals surface area contributed by atoms with Gasteiger partial charge in [0.25, 0.3) is 10.0 Å². The third kappa shape index (κ3) is 3.16. The number of hydrogen-bond acceptors (Lipinski definition) is 4. The van der Waals surface area contributed by atoms with Crippen LogP contribution in [0.5, 0.6) is 0 Å². The molecule has 0 amide bonds. The van der Waals surface area contributed by atoms with Crippen LogP contribution in [0.4, 0.5) is 0 Å². The van der Waals surface area contributed by atoms with Crippen LogP contribution in [-0.2, 0) is 10.0 Å². The van der Waals surface area contributed by atoms with Crippen LogP contribution in [-0.4, -0.2) is 19.4 Å². The van der Waals surface area contributed by atoms with E-state index in [1.54, 1.807) is 6.92 Å². The molecule has 0 unspecified atom stereocenters. The molecule has 1 rings (SSSR count). The molecule has 4 nitrogen and oxygen atoms in total. The standard InChI is InChI=1S/C9H15ClN2O2S2/c1-4-7(5-2)12-16(13,14)8-6(3)11-9(10)15-8/h7,12H,4-5H2,1-3H3. The van der Waals surface area contributed by atoms with Crippen LogP contribution < -0.4 is 4.72 Å². The zero-order valence-electron chi connectivity index (χ0n) is 9.45. The smallest absolute Gasteiger partial charge is 0.229 e. The quantitative estimate of drug-likeness (QED) is 0.903. The summed E-state index contributed by atoms with van der Waals surface area (Å²) in [4.78, 5) is 3.90. The molecule has 1 aromatic heterocycles. The SMILES string of the molecule is CCC(CC)NS(=O)(=O)c1sc(Cl)nc1C. The van der Waals surface area contributed by atoms with Crippen LogP contribution >= 0.6 is 22.9 Å². The number of halogens is 1. The fourth-order valence-electron chi connectivity index (χ4n) is 1.33. The lowest BCUT2D eigenvalue weighted by molar-refractivity contribution is 0.531. The van der Waals surface area contributed by atoms with Gasteiger partial charge in [0.05, 0.1) is 5.69 Å². The first-order valence-corrected chi connectivity index (χ1v) is 7.73. The predicted octanol–water partition coefficient (Wildman–Crippen LogP) is 2.57. The molecule has 1 aromatic rings. The lowest BCUT2D eigenvalue weighted by Crippen LogP contribution is -2.33. The van der Waals surface area contributed by atoms with Crippen molar-refractivity contribution in [2.45, 2.75) is 43.9 Å². The average molecular weight is 283 g/mol. The molecule has 16 heavy (non-hydrogen) atoms. The summed E-state index contributed by atoms with van der Waals surface area (Å²) < 4.78 is 27.1. The van der Waals surface area contributed by atoms with Crippen molar-refractivity contribution in [3.05, 3.63) is 10.2 Å². The van der Waals surface area contributed by atoms with Crippen molar-refractivity contribution >= 4 is 33.0 Å². The minimum absolute atomic E-state index is 0.0368. The number of aryl methyl sites for hydroxylation is 1. The topological polar surface area (TPSA) is 59.1 Å². The van der Waals surface area contributed by atoms with Gasteiger partial charge in [-0.2, -0.15) is 0 Å². The lowest BCUT2D eigenvalue weighted by Gasteiger charge is -2.13. The molecule has 7 heteroatoms. The minimum atomic E-state index is -3.47. The number of nitrogens with zero attached hydrogens (tertiary/aromatic N) is 1. The van der Waals surface area contributed by atoms with Gasteiger partial charge < -0.3 is 0 Å². The molecule has 1 N–H and O–H groups in total. The maximum Gasteiger partial charge on any atom is 0.252 e. The zero-order valence-corrected chi connectivity index (χ0v) is 11.8. The van der Waals surface area contributed by atoms with Crippen molar-refractivity contribution in [2.24, 2.45) is 0 Å². The van der Waals surface area contributed by atoms with Crippen molar-refractivity contribution in [1.29, 1.82) is 0 Å². The van der Waals surface area contributed by atoms with E-state index in [9.17, 15) is 8.42 Å². The van der Waals surface area contributed by atoms with Crippen LogP contribution in [0.15, 0.2) is 4.21 Å². The van der Waals surface area contributed by atoms with Gasteiger partial charge in [0.1, 0.15) is 0 Å². The molecule has 0 saturated heterocycles. The van der Waals surface area contributed by atoms with Crippen molar-refractivity contribution in [3.63, 3.8) is 0 Å². The Morgan fingerprint density at radius 1 is 1.44 bits per heavy atom. The summed E-state index contributed by atoms with van der Waals surface area (Å²) in [5, 5.41) is 0. The Morgan fingerprint density at radius 2 is 2.00 bits per heavy atom. The molecule has 0 spiro atoms. The second-order valence-electron chi connectivity index (χ2n) is 3.47. The molecule has 0 fully saturated rings. The molecule has 0 aliphatic heterocycles. The lowest BCUT2D eigenvalue weighted by atomic mass is 10.2. The van der Waals surface area contributed by atoms with Gasteiger partial charge in [-0.15, -0.1) is 0 Å². The van der Waals surface area contributed by atoms with Crippen LogP contribution in [0.1, 0.15) is 32.4 Å². The summed E-state index contributed by atoms with van der Waals surface area (Å²) in [5.74, 6) is 0. The first-order valence-electron chi connectivity index (χ1n) is 5.06. The van der Waals surface area contributed by atoms with E-state index in [0.29, 0.717) is 5.69 Å². The molecule has 0 atom stereocenters. The summed E-state index contributed by atoms with van der Waals surface area (Å²) in [7, 11) is -3.47. The molecular weight excluding hydrogens is 268 g/mol. The van der Waals surface area contributed by atoms with Crippen LogP contribution in [0.2, 0.25) is 4.47 Å². The molecular formula is C9H15ClN2O2S2. The van der Waals surface area contributed by atoms with Gasteiger partial charge in [-0.3, -0.25) is 0 Å². The maximum atomic E-state index is 12.0. The minimum Gasteiger partial charge on any atom is -0.229 e. The summed E-state index contributed by atoms with van der Waals surface area (Å²) >= 11 is 6.68. The van der Waals surface area contributed by atoms with Gasteiger partial charge in [0, 0.05) is 6.04 Å². The number of nitrogens with one attached hydrogen (secondary N) is 1. The van der Waals surface area contributed by atoms with E-state index in [-0.39, 0.29) is 14.7 Å². The number of sulfonamides is 1. The highest BCUT2D eigenvalue weighted by Crippen LogP contribution is 2.26. The van der Waals surface area contributed by atoms with Crippen LogP contribution in [0, 0.1) is 6.92 Å². The number of hydrogen-bond donors (Lipinski definition) is 1. The van der Waals surface area contributed by atoms with E-state index < -0.39 is 10.0 Å². The van der Waals surface area contributed by atoms with E-state index in [1.165, 1.54) is 0 Å². The van der Waals surface area contributed by atoms with E-state index in [0.717, 1.165) is 24.2 Å². The Morgan fingerprint density at radius 3 is 2.38 bits per heavy atom. The number of rotatable bonds is 5. The van der Waals surface area contributed by atoms with Gasteiger partial charge in [-0.25, -0.2) is 18.1 Å². The first kappa shape index (κ1) is 13.9. The molecule has 1 heterocycles. The molecule has 0 aliphatic carbocycles. The molecule has 0 radical (unpaired) electrons. The second kappa shape index (κ2) is 5.44. The van der Waals surface area contributed by atoms with Gasteiger partial charge in [0.15, 0.2) is 8.68 Å².